The van der Waals surface area contributed by atoms with E-state index < -0.39 is 0 Å². The molecule has 1 aromatic rings. The van der Waals surface area contributed by atoms with E-state index in [1.54, 1.807) is 12.1 Å². The van der Waals surface area contributed by atoms with Gasteiger partial charge >= 0.3 is 0 Å². The monoisotopic (exact) mass is 302 g/mol. The molecule has 0 aromatic heterocycles. The highest BCUT2D eigenvalue weighted by Crippen LogP contribution is 2.28. The second kappa shape index (κ2) is 6.77. The van der Waals surface area contributed by atoms with Gasteiger partial charge in [-0.1, -0.05) is 26.3 Å². The largest absolute Gasteiger partial charge is 0.489 e. The molecule has 2 rings (SSSR count). The summed E-state index contributed by atoms with van der Waals surface area (Å²) in [5.74, 6) is 0.0300. The first-order chi connectivity index (χ1) is 10.5. The van der Waals surface area contributed by atoms with Crippen molar-refractivity contribution in [1.82, 2.24) is 0 Å². The first-order valence-corrected chi connectivity index (χ1v) is 7.54. The van der Waals surface area contributed by atoms with Crippen LogP contribution >= 0.6 is 0 Å². The summed E-state index contributed by atoms with van der Waals surface area (Å²) < 4.78 is 10.1. The molecule has 0 aliphatic heterocycles. The smallest absolute Gasteiger partial charge is 0.232 e. The Hall–Kier alpha value is -2.10. The zero-order chi connectivity index (χ0) is 16.3. The van der Waals surface area contributed by atoms with E-state index in [9.17, 15) is 9.59 Å². The van der Waals surface area contributed by atoms with Gasteiger partial charge in [-0.05, 0) is 36.5 Å². The average molecular weight is 302 g/mol. The Labute approximate surface area is 131 Å². The maximum atomic E-state index is 12.5. The van der Waals surface area contributed by atoms with Crippen LogP contribution in [0.1, 0.15) is 53.0 Å². The van der Waals surface area contributed by atoms with Crippen LogP contribution < -0.4 is 0 Å². The molecular weight excluding hydrogens is 280 g/mol. The second-order valence-electron chi connectivity index (χ2n) is 5.89. The molecule has 0 radical (unpaired) electrons. The molecule has 0 heterocycles. The first-order valence-electron chi connectivity index (χ1n) is 7.54. The average Bonchev–Trinajstić information content (AvgIpc) is 2.50. The van der Waals surface area contributed by atoms with Crippen LogP contribution in [-0.2, 0) is 15.9 Å². The molecule has 0 saturated carbocycles. The molecule has 118 valence electrons. The predicted molar refractivity (Wildman–Crippen MR) is 83.9 cm³/mol. The third-order valence-electron chi connectivity index (χ3n) is 3.85. The summed E-state index contributed by atoms with van der Waals surface area (Å²) in [5.41, 5.74) is 1.86. The number of ketones is 2. The van der Waals surface area contributed by atoms with E-state index in [-0.39, 0.29) is 23.1 Å². The number of ether oxygens (including phenoxy) is 2. The Bertz CT molecular complexity index is 626. The van der Waals surface area contributed by atoms with Crippen LogP contribution in [-0.4, -0.2) is 25.8 Å². The predicted octanol–water partition coefficient (Wildman–Crippen LogP) is 3.55. The molecule has 0 N–H and O–H groups in total. The normalized spacial score (nSPS) is 14.4. The summed E-state index contributed by atoms with van der Waals surface area (Å²) in [6.07, 6.45) is 3.10. The minimum Gasteiger partial charge on any atom is -0.489 e. The van der Waals surface area contributed by atoms with Crippen LogP contribution in [0.2, 0.25) is 0 Å². The standard InChI is InChI=1S/C18H22O4/c1-11(2)6-5-7-12-8-9-13-14(10-12)16(20)18(22-4)17(21-3)15(13)19/h8-11H,5-7H2,1-4H3. The van der Waals surface area contributed by atoms with Crippen molar-refractivity contribution in [3.8, 4) is 0 Å². The number of methoxy groups -OCH3 is 2. The van der Waals surface area contributed by atoms with Gasteiger partial charge in [0.2, 0.25) is 23.1 Å². The number of hydrogen-bond donors (Lipinski definition) is 0. The molecular formula is C18H22O4. The van der Waals surface area contributed by atoms with Gasteiger partial charge in [-0.2, -0.15) is 0 Å². The summed E-state index contributed by atoms with van der Waals surface area (Å²) in [6, 6.07) is 5.43. The number of rotatable bonds is 6. The van der Waals surface area contributed by atoms with Gasteiger partial charge in [-0.25, -0.2) is 0 Å². The van der Waals surface area contributed by atoms with Crippen molar-refractivity contribution in [3.63, 3.8) is 0 Å². The Morgan fingerprint density at radius 1 is 0.955 bits per heavy atom. The lowest BCUT2D eigenvalue weighted by Crippen LogP contribution is -2.24. The molecule has 1 aromatic carbocycles. The van der Waals surface area contributed by atoms with Gasteiger partial charge in [0.1, 0.15) is 0 Å². The van der Waals surface area contributed by atoms with Crippen LogP contribution in [0.5, 0.6) is 0 Å². The van der Waals surface area contributed by atoms with E-state index in [0.29, 0.717) is 17.0 Å². The third kappa shape index (κ3) is 3.06. The van der Waals surface area contributed by atoms with Crippen molar-refractivity contribution in [2.45, 2.75) is 33.1 Å². The Balaban J connectivity index is 2.31. The van der Waals surface area contributed by atoms with E-state index in [4.69, 9.17) is 9.47 Å². The number of hydrogen-bond acceptors (Lipinski definition) is 4. The summed E-state index contributed by atoms with van der Waals surface area (Å²) in [5, 5.41) is 0. The third-order valence-corrected chi connectivity index (χ3v) is 3.85. The minimum absolute atomic E-state index is 0.0145. The zero-order valence-electron chi connectivity index (χ0n) is 13.6. The van der Waals surface area contributed by atoms with E-state index >= 15 is 0 Å². The van der Waals surface area contributed by atoms with Gasteiger partial charge in [0.15, 0.2) is 0 Å². The Morgan fingerprint density at radius 3 is 2.09 bits per heavy atom. The number of carbonyl (C=O) groups is 2. The number of carbonyl (C=O) groups excluding carboxylic acids is 2. The van der Waals surface area contributed by atoms with Crippen LogP contribution in [0.25, 0.3) is 0 Å². The maximum Gasteiger partial charge on any atom is 0.232 e. The van der Waals surface area contributed by atoms with Gasteiger partial charge in [0.25, 0.3) is 0 Å². The molecule has 0 atom stereocenters. The van der Waals surface area contributed by atoms with Crippen molar-refractivity contribution in [3.05, 3.63) is 46.4 Å². The molecule has 0 bridgehead atoms. The van der Waals surface area contributed by atoms with Crippen molar-refractivity contribution in [1.29, 1.82) is 0 Å². The molecule has 0 spiro atoms. The molecule has 0 unspecified atom stereocenters. The van der Waals surface area contributed by atoms with Crippen molar-refractivity contribution >= 4 is 11.6 Å². The quantitative estimate of drug-likeness (QED) is 0.806. The van der Waals surface area contributed by atoms with Crippen LogP contribution in [0.3, 0.4) is 0 Å². The summed E-state index contributed by atoms with van der Waals surface area (Å²) in [4.78, 5) is 24.8. The fourth-order valence-corrected chi connectivity index (χ4v) is 2.67. The van der Waals surface area contributed by atoms with Gasteiger partial charge < -0.3 is 9.47 Å². The molecule has 4 nitrogen and oxygen atoms in total. The molecule has 1 aliphatic carbocycles. The highest BCUT2D eigenvalue weighted by Gasteiger charge is 2.34. The molecule has 1 aliphatic rings. The minimum atomic E-state index is -0.303. The van der Waals surface area contributed by atoms with E-state index in [2.05, 4.69) is 13.8 Å². The van der Waals surface area contributed by atoms with Gasteiger partial charge in [0, 0.05) is 11.1 Å². The Morgan fingerprint density at radius 2 is 1.55 bits per heavy atom. The lowest BCUT2D eigenvalue weighted by Gasteiger charge is -2.19. The first kappa shape index (κ1) is 16.3. The summed E-state index contributed by atoms with van der Waals surface area (Å²) in [6.45, 7) is 4.38. The SMILES string of the molecule is COC1=C(OC)C(=O)c2cc(CCCC(C)C)ccc2C1=O. The fourth-order valence-electron chi connectivity index (χ4n) is 2.67. The van der Waals surface area contributed by atoms with Crippen molar-refractivity contribution < 1.29 is 19.1 Å². The highest BCUT2D eigenvalue weighted by molar-refractivity contribution is 6.25. The zero-order valence-corrected chi connectivity index (χ0v) is 13.6. The topological polar surface area (TPSA) is 52.6 Å². The van der Waals surface area contributed by atoms with Gasteiger partial charge in [0.05, 0.1) is 14.2 Å². The van der Waals surface area contributed by atoms with Crippen LogP contribution in [0.15, 0.2) is 29.7 Å². The molecule has 0 amide bonds. The number of Topliss-reactive ketones (excluding diaryl/α,β-unsaturated/α-hetero) is 2. The lowest BCUT2D eigenvalue weighted by molar-refractivity contribution is 0.0829. The van der Waals surface area contributed by atoms with Crippen molar-refractivity contribution in [2.75, 3.05) is 14.2 Å². The fraction of sp³-hybridized carbons (Fsp3) is 0.444. The Kier molecular flexibility index (Phi) is 5.01. The van der Waals surface area contributed by atoms with Crippen LogP contribution in [0.4, 0.5) is 0 Å². The molecule has 4 heteroatoms. The van der Waals surface area contributed by atoms with E-state index in [0.717, 1.165) is 24.8 Å². The van der Waals surface area contributed by atoms with Crippen molar-refractivity contribution in [2.24, 2.45) is 5.92 Å². The maximum absolute atomic E-state index is 12.5. The highest BCUT2D eigenvalue weighted by atomic mass is 16.5. The second-order valence-corrected chi connectivity index (χ2v) is 5.89. The number of benzene rings is 1. The van der Waals surface area contributed by atoms with Gasteiger partial charge in [-0.15, -0.1) is 0 Å². The molecule has 0 fully saturated rings. The van der Waals surface area contributed by atoms with E-state index in [1.807, 2.05) is 6.07 Å². The number of allylic oxidation sites excluding steroid dienone is 2. The molecule has 22 heavy (non-hydrogen) atoms. The van der Waals surface area contributed by atoms with Gasteiger partial charge in [-0.3, -0.25) is 9.59 Å². The molecule has 0 saturated heterocycles. The summed E-state index contributed by atoms with van der Waals surface area (Å²) >= 11 is 0. The summed E-state index contributed by atoms with van der Waals surface area (Å²) in [7, 11) is 2.74. The number of aryl methyl sites for hydroxylation is 1. The van der Waals surface area contributed by atoms with Crippen LogP contribution in [0, 0.1) is 5.92 Å². The van der Waals surface area contributed by atoms with E-state index in [1.165, 1.54) is 14.2 Å². The number of fused-ring (bicyclic) bond motifs is 1. The lowest BCUT2D eigenvalue weighted by atomic mass is 9.89.